The summed E-state index contributed by atoms with van der Waals surface area (Å²) < 4.78 is 17.4. The molecule has 0 spiro atoms. The number of halogens is 1. The van der Waals surface area contributed by atoms with Crippen molar-refractivity contribution < 1.29 is 23.8 Å². The van der Waals surface area contributed by atoms with E-state index in [2.05, 4.69) is 15.7 Å². The molecule has 1 aromatic heterocycles. The first-order valence-corrected chi connectivity index (χ1v) is 10.1. The molecule has 0 saturated carbocycles. The predicted octanol–water partition coefficient (Wildman–Crippen LogP) is 3.75. The lowest BCUT2D eigenvalue weighted by atomic mass is 10.1. The van der Waals surface area contributed by atoms with Crippen LogP contribution in [0.3, 0.4) is 0 Å². The summed E-state index contributed by atoms with van der Waals surface area (Å²) in [5.74, 6) is 1.44. The van der Waals surface area contributed by atoms with Crippen LogP contribution in [0.2, 0.25) is 5.02 Å². The molecule has 1 aliphatic rings. The summed E-state index contributed by atoms with van der Waals surface area (Å²) in [5, 5.41) is 10.4. The Kier molecular flexibility index (Phi) is 5.91. The van der Waals surface area contributed by atoms with E-state index in [-0.39, 0.29) is 18.2 Å². The summed E-state index contributed by atoms with van der Waals surface area (Å²) in [6.45, 7) is 0. The van der Waals surface area contributed by atoms with Crippen molar-refractivity contribution in [2.24, 2.45) is 0 Å². The maximum absolute atomic E-state index is 12.7. The zero-order valence-electron chi connectivity index (χ0n) is 17.6. The molecule has 1 atom stereocenters. The third-order valence-electron chi connectivity index (χ3n) is 5.14. The van der Waals surface area contributed by atoms with Crippen LogP contribution < -0.4 is 24.8 Å². The summed E-state index contributed by atoms with van der Waals surface area (Å²) in [5.41, 5.74) is 1.92. The second kappa shape index (κ2) is 8.80. The molecule has 2 aromatic carbocycles. The first-order valence-electron chi connectivity index (χ1n) is 9.69. The molecule has 9 nitrogen and oxygen atoms in total. The molecule has 2 N–H and O–H groups in total. The van der Waals surface area contributed by atoms with Crippen LogP contribution in [0.1, 0.15) is 12.5 Å². The van der Waals surface area contributed by atoms with Crippen LogP contribution >= 0.6 is 11.6 Å². The van der Waals surface area contributed by atoms with Crippen LogP contribution in [-0.2, 0) is 9.59 Å². The highest BCUT2D eigenvalue weighted by atomic mass is 35.5. The quantitative estimate of drug-likeness (QED) is 0.561. The Labute approximate surface area is 189 Å². The number of aromatic nitrogens is 2. The van der Waals surface area contributed by atoms with Gasteiger partial charge in [-0.1, -0.05) is 17.7 Å². The number of fused-ring (bicyclic) bond motifs is 1. The van der Waals surface area contributed by atoms with Crippen LogP contribution in [0, 0.1) is 0 Å². The molecule has 0 fully saturated rings. The van der Waals surface area contributed by atoms with E-state index in [4.69, 9.17) is 25.8 Å². The van der Waals surface area contributed by atoms with Crippen molar-refractivity contribution in [3.63, 3.8) is 0 Å². The molecule has 1 unspecified atom stereocenters. The van der Waals surface area contributed by atoms with Crippen molar-refractivity contribution >= 4 is 34.9 Å². The van der Waals surface area contributed by atoms with Crippen LogP contribution in [0.4, 0.5) is 11.5 Å². The zero-order valence-corrected chi connectivity index (χ0v) is 18.4. The van der Waals surface area contributed by atoms with Crippen molar-refractivity contribution in [1.29, 1.82) is 0 Å². The average molecular weight is 457 g/mol. The Morgan fingerprint density at radius 1 is 1.09 bits per heavy atom. The largest absolute Gasteiger partial charge is 0.495 e. The van der Waals surface area contributed by atoms with E-state index in [0.29, 0.717) is 39.3 Å². The van der Waals surface area contributed by atoms with Gasteiger partial charge >= 0.3 is 0 Å². The molecule has 2 heterocycles. The summed E-state index contributed by atoms with van der Waals surface area (Å²) in [4.78, 5) is 25.3. The molecule has 1 aliphatic heterocycles. The summed E-state index contributed by atoms with van der Waals surface area (Å²) in [6, 6.07) is 9.53. The van der Waals surface area contributed by atoms with Gasteiger partial charge in [0.2, 0.25) is 5.91 Å². The van der Waals surface area contributed by atoms with Gasteiger partial charge in [-0.05, 0) is 35.9 Å². The van der Waals surface area contributed by atoms with E-state index in [1.807, 2.05) is 6.07 Å². The number of hydrogen-bond acceptors (Lipinski definition) is 6. The number of amides is 2. The van der Waals surface area contributed by atoms with Crippen molar-refractivity contribution in [2.45, 2.75) is 12.5 Å². The third kappa shape index (κ3) is 3.94. The van der Waals surface area contributed by atoms with Gasteiger partial charge in [0.1, 0.15) is 17.6 Å². The summed E-state index contributed by atoms with van der Waals surface area (Å²) in [6.07, 6.45) is 1.53. The minimum absolute atomic E-state index is 0.110. The van der Waals surface area contributed by atoms with Gasteiger partial charge in [-0.15, -0.1) is 0 Å². The number of anilines is 2. The third-order valence-corrected chi connectivity index (χ3v) is 5.38. The fourth-order valence-electron chi connectivity index (χ4n) is 3.58. The number of methoxy groups -OCH3 is 3. The van der Waals surface area contributed by atoms with E-state index in [1.54, 1.807) is 50.7 Å². The Bertz CT molecular complexity index is 1190. The van der Waals surface area contributed by atoms with Gasteiger partial charge in [-0.25, -0.2) is 4.68 Å². The molecule has 0 saturated heterocycles. The molecule has 0 radical (unpaired) electrons. The molecule has 2 amide bonds. The zero-order chi connectivity index (χ0) is 22.8. The predicted molar refractivity (Wildman–Crippen MR) is 120 cm³/mol. The minimum atomic E-state index is -0.788. The Morgan fingerprint density at radius 3 is 2.53 bits per heavy atom. The van der Waals surface area contributed by atoms with Gasteiger partial charge in [0.15, 0.2) is 11.5 Å². The second-order valence-corrected chi connectivity index (χ2v) is 7.46. The second-order valence-electron chi connectivity index (χ2n) is 7.02. The lowest BCUT2D eigenvalue weighted by molar-refractivity contribution is -0.123. The number of nitrogens with zero attached hydrogens (tertiary/aromatic N) is 2. The van der Waals surface area contributed by atoms with Crippen molar-refractivity contribution in [3.05, 3.63) is 47.6 Å². The summed E-state index contributed by atoms with van der Waals surface area (Å²) in [7, 11) is 4.61. The lowest BCUT2D eigenvalue weighted by Crippen LogP contribution is -2.23. The molecular weight excluding hydrogens is 436 g/mol. The molecule has 3 aromatic rings. The normalized spacial score (nSPS) is 14.5. The van der Waals surface area contributed by atoms with E-state index in [9.17, 15) is 9.59 Å². The van der Waals surface area contributed by atoms with E-state index in [1.165, 1.54) is 11.8 Å². The fraction of sp³-hybridized carbons (Fsp3) is 0.227. The van der Waals surface area contributed by atoms with Gasteiger partial charge < -0.3 is 24.8 Å². The van der Waals surface area contributed by atoms with Gasteiger partial charge in [0.05, 0.1) is 39.6 Å². The first-order chi connectivity index (χ1) is 15.4. The van der Waals surface area contributed by atoms with Gasteiger partial charge in [0, 0.05) is 10.6 Å². The minimum Gasteiger partial charge on any atom is -0.495 e. The molecule has 32 heavy (non-hydrogen) atoms. The fourth-order valence-corrected chi connectivity index (χ4v) is 3.76. The average Bonchev–Trinajstić information content (AvgIpc) is 3.32. The van der Waals surface area contributed by atoms with E-state index < -0.39 is 6.04 Å². The Balaban J connectivity index is 1.56. The first kappa shape index (κ1) is 21.5. The highest BCUT2D eigenvalue weighted by Crippen LogP contribution is 2.39. The number of nitrogens with one attached hydrogen (secondary N) is 2. The molecular formula is C22H21ClN4O5. The number of ether oxygens (including phenoxy) is 3. The maximum Gasteiger partial charge on any atom is 0.251 e. The standard InChI is InChI=1S/C22H21ClN4O5/c1-30-17-7-5-13(23)9-15(17)25-20(28)10-16-22(29)26-21-14(11-24-27(16)21)12-4-6-18(31-2)19(8-12)32-3/h4-9,11,16H,10H2,1-3H3,(H,25,28)(H,26,29). The number of carbonyl (C=O) groups is 2. The SMILES string of the molecule is COc1ccc(Cl)cc1NC(=O)CC1C(=O)Nc2c(-c3ccc(OC)c(OC)c3)cnn21. The van der Waals surface area contributed by atoms with Crippen LogP contribution in [0.5, 0.6) is 17.2 Å². The van der Waals surface area contributed by atoms with E-state index >= 15 is 0 Å². The van der Waals surface area contributed by atoms with Crippen LogP contribution in [-0.4, -0.2) is 42.9 Å². The topological polar surface area (TPSA) is 104 Å². The van der Waals surface area contributed by atoms with Gasteiger partial charge in [0.25, 0.3) is 5.91 Å². The molecule has 4 rings (SSSR count). The smallest absolute Gasteiger partial charge is 0.251 e. The maximum atomic E-state index is 12.7. The molecule has 166 valence electrons. The van der Waals surface area contributed by atoms with Crippen LogP contribution in [0.15, 0.2) is 42.6 Å². The number of benzene rings is 2. The summed E-state index contributed by atoms with van der Waals surface area (Å²) >= 11 is 6.02. The van der Waals surface area contributed by atoms with Crippen molar-refractivity contribution in [1.82, 2.24) is 9.78 Å². The van der Waals surface area contributed by atoms with Crippen LogP contribution in [0.25, 0.3) is 11.1 Å². The lowest BCUT2D eigenvalue weighted by Gasteiger charge is -2.12. The Morgan fingerprint density at radius 2 is 1.81 bits per heavy atom. The van der Waals surface area contributed by atoms with Crippen molar-refractivity contribution in [2.75, 3.05) is 32.0 Å². The highest BCUT2D eigenvalue weighted by molar-refractivity contribution is 6.31. The van der Waals surface area contributed by atoms with Gasteiger partial charge in [-0.3, -0.25) is 9.59 Å². The highest BCUT2D eigenvalue weighted by Gasteiger charge is 2.35. The molecule has 0 bridgehead atoms. The van der Waals surface area contributed by atoms with Gasteiger partial charge in [-0.2, -0.15) is 5.10 Å². The Hall–Kier alpha value is -3.72. The number of rotatable bonds is 7. The molecule has 10 heteroatoms. The molecule has 0 aliphatic carbocycles. The number of carbonyl (C=O) groups excluding carboxylic acids is 2. The van der Waals surface area contributed by atoms with E-state index in [0.717, 1.165) is 5.56 Å². The monoisotopic (exact) mass is 456 g/mol. The number of hydrogen-bond donors (Lipinski definition) is 2. The van der Waals surface area contributed by atoms with Crippen molar-refractivity contribution in [3.8, 4) is 28.4 Å².